The van der Waals surface area contributed by atoms with E-state index >= 15 is 0 Å². The second-order valence-corrected chi connectivity index (χ2v) is 7.36. The molecule has 0 spiro atoms. The van der Waals surface area contributed by atoms with Crippen LogP contribution in [0.1, 0.15) is 45.2 Å². The smallest absolute Gasteiger partial charge is 0.266 e. The van der Waals surface area contributed by atoms with E-state index in [1.54, 1.807) is 0 Å². The summed E-state index contributed by atoms with van der Waals surface area (Å²) in [5.41, 5.74) is 1.90. The second-order valence-electron chi connectivity index (χ2n) is 7.36. The Morgan fingerprint density at radius 2 is 1.83 bits per heavy atom. The van der Waals surface area contributed by atoms with Gasteiger partial charge in [-0.1, -0.05) is 6.07 Å². The van der Waals surface area contributed by atoms with Crippen LogP contribution in [0.3, 0.4) is 0 Å². The van der Waals surface area contributed by atoms with Crippen molar-refractivity contribution in [2.24, 2.45) is 0 Å². The molecule has 0 radical (unpaired) electrons. The summed E-state index contributed by atoms with van der Waals surface area (Å²) >= 11 is 0. The zero-order valence-electron chi connectivity index (χ0n) is 14.6. The minimum Gasteiger partial charge on any atom is -0.478 e. The van der Waals surface area contributed by atoms with Gasteiger partial charge in [0.25, 0.3) is 5.91 Å². The van der Waals surface area contributed by atoms with Crippen LogP contribution < -0.4 is 4.74 Å². The third kappa shape index (κ3) is 3.52. The van der Waals surface area contributed by atoms with Gasteiger partial charge < -0.3 is 14.4 Å². The van der Waals surface area contributed by atoms with Gasteiger partial charge in [-0.05, 0) is 70.2 Å². The highest BCUT2D eigenvalue weighted by atomic mass is 16.5. The second kappa shape index (κ2) is 6.16. The summed E-state index contributed by atoms with van der Waals surface area (Å²) in [4.78, 5) is 14.8. The molecule has 0 aromatic heterocycles. The first-order valence-electron chi connectivity index (χ1n) is 8.61. The highest BCUT2D eigenvalue weighted by Gasteiger charge is 2.37. The van der Waals surface area contributed by atoms with Crippen LogP contribution in [0.25, 0.3) is 0 Å². The number of benzene rings is 1. The number of ether oxygens (including phenoxy) is 2. The molecule has 1 aromatic rings. The molecular weight excluding hydrogens is 290 g/mol. The molecule has 1 aliphatic carbocycles. The third-order valence-electron chi connectivity index (χ3n) is 4.66. The predicted molar refractivity (Wildman–Crippen MR) is 89.8 cm³/mol. The number of aryl methyl sites for hydroxylation is 2. The van der Waals surface area contributed by atoms with E-state index < -0.39 is 5.60 Å². The molecule has 0 N–H and O–H groups in total. The van der Waals surface area contributed by atoms with Crippen LogP contribution in [-0.4, -0.2) is 41.7 Å². The van der Waals surface area contributed by atoms with Crippen molar-refractivity contribution in [3.8, 4) is 5.75 Å². The summed E-state index contributed by atoms with van der Waals surface area (Å²) < 4.78 is 11.8. The Morgan fingerprint density at radius 3 is 2.52 bits per heavy atom. The summed E-state index contributed by atoms with van der Waals surface area (Å²) in [6.45, 7) is 8.97. The Balaban J connectivity index is 1.71. The number of nitrogens with zero attached hydrogens (tertiary/aromatic N) is 1. The summed E-state index contributed by atoms with van der Waals surface area (Å²) in [6, 6.07) is 6.22. The van der Waals surface area contributed by atoms with Gasteiger partial charge in [-0.15, -0.1) is 0 Å². The molecule has 4 nitrogen and oxygen atoms in total. The van der Waals surface area contributed by atoms with E-state index in [2.05, 4.69) is 12.1 Å². The van der Waals surface area contributed by atoms with Gasteiger partial charge in [0.05, 0.1) is 12.2 Å². The van der Waals surface area contributed by atoms with Gasteiger partial charge in [-0.2, -0.15) is 0 Å². The quantitative estimate of drug-likeness (QED) is 0.860. The molecular formula is C19H27NO3. The van der Waals surface area contributed by atoms with Gasteiger partial charge in [0, 0.05) is 13.1 Å². The van der Waals surface area contributed by atoms with Crippen LogP contribution >= 0.6 is 0 Å². The van der Waals surface area contributed by atoms with Crippen LogP contribution in [0.4, 0.5) is 0 Å². The fourth-order valence-electron chi connectivity index (χ4n) is 3.67. The Hall–Kier alpha value is -1.55. The van der Waals surface area contributed by atoms with Gasteiger partial charge >= 0.3 is 0 Å². The maximum absolute atomic E-state index is 12.9. The Bertz CT molecular complexity index is 586. The minimum absolute atomic E-state index is 0.0278. The van der Waals surface area contributed by atoms with E-state index in [9.17, 15) is 4.79 Å². The standard InChI is InChI=1S/C19H27NO3/c1-13-11-20(12-14(2)22-13)18(21)19(3,4)23-17-9-8-15-6-5-7-16(15)10-17/h8-10,13-14H,5-7,11-12H2,1-4H3. The van der Waals surface area contributed by atoms with Crippen molar-refractivity contribution >= 4 is 5.91 Å². The van der Waals surface area contributed by atoms with Crippen molar-refractivity contribution in [1.82, 2.24) is 4.90 Å². The number of carbonyl (C=O) groups excluding carboxylic acids is 1. The van der Waals surface area contributed by atoms with E-state index in [0.717, 1.165) is 18.6 Å². The molecule has 1 fully saturated rings. The molecule has 1 heterocycles. The van der Waals surface area contributed by atoms with E-state index in [1.165, 1.54) is 17.5 Å². The van der Waals surface area contributed by atoms with Gasteiger partial charge in [-0.3, -0.25) is 4.79 Å². The molecule has 2 atom stereocenters. The molecule has 0 bridgehead atoms. The summed E-state index contributed by atoms with van der Waals surface area (Å²) in [5.74, 6) is 0.818. The first-order chi connectivity index (χ1) is 10.8. The van der Waals surface area contributed by atoms with Gasteiger partial charge in [0.2, 0.25) is 0 Å². The monoisotopic (exact) mass is 317 g/mol. The molecule has 2 aliphatic rings. The van der Waals surface area contributed by atoms with Crippen LogP contribution in [0, 0.1) is 0 Å². The van der Waals surface area contributed by atoms with Crippen LogP contribution in [0.5, 0.6) is 5.75 Å². The molecule has 126 valence electrons. The fraction of sp³-hybridized carbons (Fsp3) is 0.632. The first-order valence-corrected chi connectivity index (χ1v) is 8.61. The van der Waals surface area contributed by atoms with Gasteiger partial charge in [-0.25, -0.2) is 0 Å². The Morgan fingerprint density at radius 1 is 1.17 bits per heavy atom. The van der Waals surface area contributed by atoms with Crippen LogP contribution in [0.15, 0.2) is 18.2 Å². The third-order valence-corrected chi connectivity index (χ3v) is 4.66. The summed E-state index contributed by atoms with van der Waals surface area (Å²) in [7, 11) is 0. The van der Waals surface area contributed by atoms with Crippen LogP contribution in [-0.2, 0) is 22.4 Å². The zero-order chi connectivity index (χ0) is 16.6. The highest BCUT2D eigenvalue weighted by molar-refractivity contribution is 5.85. The van der Waals surface area contributed by atoms with E-state index in [1.807, 2.05) is 38.7 Å². The normalized spacial score (nSPS) is 24.4. The lowest BCUT2D eigenvalue weighted by atomic mass is 10.1. The van der Waals surface area contributed by atoms with Crippen LogP contribution in [0.2, 0.25) is 0 Å². The highest BCUT2D eigenvalue weighted by Crippen LogP contribution is 2.29. The molecule has 4 heteroatoms. The van der Waals surface area contributed by atoms with Gasteiger partial charge in [0.15, 0.2) is 5.60 Å². The number of fused-ring (bicyclic) bond motifs is 1. The number of morpholine rings is 1. The molecule has 0 saturated carbocycles. The number of hydrogen-bond donors (Lipinski definition) is 0. The van der Waals surface area contributed by atoms with E-state index in [-0.39, 0.29) is 18.1 Å². The fourth-order valence-corrected chi connectivity index (χ4v) is 3.67. The predicted octanol–water partition coefficient (Wildman–Crippen LogP) is 2.97. The van der Waals surface area contributed by atoms with Gasteiger partial charge in [0.1, 0.15) is 5.75 Å². The summed E-state index contributed by atoms with van der Waals surface area (Å²) in [5, 5.41) is 0. The van der Waals surface area contributed by atoms with Crippen molar-refractivity contribution < 1.29 is 14.3 Å². The number of carbonyl (C=O) groups is 1. The van der Waals surface area contributed by atoms with E-state index in [4.69, 9.17) is 9.47 Å². The molecule has 3 rings (SSSR count). The maximum Gasteiger partial charge on any atom is 0.266 e. The Kier molecular flexibility index (Phi) is 4.37. The lowest BCUT2D eigenvalue weighted by Crippen LogP contribution is -2.55. The first kappa shape index (κ1) is 16.3. The number of hydrogen-bond acceptors (Lipinski definition) is 3. The van der Waals surface area contributed by atoms with Crippen molar-refractivity contribution in [2.45, 2.75) is 64.8 Å². The number of rotatable bonds is 3. The summed E-state index contributed by atoms with van der Waals surface area (Å²) in [6.07, 6.45) is 3.61. The molecule has 1 aromatic carbocycles. The lowest BCUT2D eigenvalue weighted by Gasteiger charge is -2.39. The van der Waals surface area contributed by atoms with Crippen molar-refractivity contribution in [3.63, 3.8) is 0 Å². The maximum atomic E-state index is 12.9. The largest absolute Gasteiger partial charge is 0.478 e. The minimum atomic E-state index is -0.871. The topological polar surface area (TPSA) is 38.8 Å². The average molecular weight is 317 g/mol. The SMILES string of the molecule is CC1CN(C(=O)C(C)(C)Oc2ccc3c(c2)CCC3)CC(C)O1. The molecule has 2 unspecified atom stereocenters. The lowest BCUT2D eigenvalue weighted by molar-refractivity contribution is -0.156. The van der Waals surface area contributed by atoms with Crippen molar-refractivity contribution in [2.75, 3.05) is 13.1 Å². The zero-order valence-corrected chi connectivity index (χ0v) is 14.6. The number of amides is 1. The Labute approximate surface area is 138 Å². The van der Waals surface area contributed by atoms with Crippen molar-refractivity contribution in [3.05, 3.63) is 29.3 Å². The van der Waals surface area contributed by atoms with E-state index in [0.29, 0.717) is 13.1 Å². The molecule has 1 saturated heterocycles. The molecule has 1 amide bonds. The molecule has 1 aliphatic heterocycles. The average Bonchev–Trinajstić information content (AvgIpc) is 2.92. The van der Waals surface area contributed by atoms with Crippen molar-refractivity contribution in [1.29, 1.82) is 0 Å². The molecule has 23 heavy (non-hydrogen) atoms.